The van der Waals surface area contributed by atoms with Crippen LogP contribution >= 0.6 is 0 Å². The summed E-state index contributed by atoms with van der Waals surface area (Å²) in [6.45, 7) is 4.03. The van der Waals surface area contributed by atoms with E-state index in [4.69, 9.17) is 0 Å². The lowest BCUT2D eigenvalue weighted by atomic mass is 9.53. The van der Waals surface area contributed by atoms with Gasteiger partial charge in [0.05, 0.1) is 29.3 Å². The predicted molar refractivity (Wildman–Crippen MR) is 91.8 cm³/mol. The number of hydrogen-bond acceptors (Lipinski definition) is 4. The van der Waals surface area contributed by atoms with Crippen LogP contribution < -0.4 is 5.32 Å². The van der Waals surface area contributed by atoms with Gasteiger partial charge in [-0.2, -0.15) is 4.68 Å². The number of nitrogens with zero attached hydrogens (tertiary/aromatic N) is 3. The van der Waals surface area contributed by atoms with Gasteiger partial charge >= 0.3 is 5.82 Å². The van der Waals surface area contributed by atoms with Crippen LogP contribution in [-0.4, -0.2) is 26.1 Å². The van der Waals surface area contributed by atoms with E-state index in [-0.39, 0.29) is 23.2 Å². The smallest absolute Gasteiger partial charge is 0.358 e. The summed E-state index contributed by atoms with van der Waals surface area (Å²) in [5.41, 5.74) is 0.715. The van der Waals surface area contributed by atoms with Gasteiger partial charge in [-0.1, -0.05) is 6.92 Å². The highest BCUT2D eigenvalue weighted by Gasteiger charge is 2.51. The van der Waals surface area contributed by atoms with E-state index in [0.29, 0.717) is 12.2 Å². The van der Waals surface area contributed by atoms with Crippen LogP contribution in [0.1, 0.15) is 51.1 Å². The molecule has 5 rings (SSSR count). The molecule has 1 aromatic heterocycles. The second-order valence-corrected chi connectivity index (χ2v) is 8.67. The summed E-state index contributed by atoms with van der Waals surface area (Å²) in [5.74, 6) is 2.01. The zero-order chi connectivity index (χ0) is 17.8. The van der Waals surface area contributed by atoms with E-state index in [9.17, 15) is 14.9 Å². The minimum atomic E-state index is -0.496. The lowest BCUT2D eigenvalue weighted by Gasteiger charge is -2.57. The average Bonchev–Trinajstić information content (AvgIpc) is 2.86. The molecule has 25 heavy (non-hydrogen) atoms. The second kappa shape index (κ2) is 5.81. The van der Waals surface area contributed by atoms with Gasteiger partial charge in [-0.15, -0.1) is 0 Å². The maximum atomic E-state index is 12.8. The van der Waals surface area contributed by atoms with Gasteiger partial charge in [0.25, 0.3) is 0 Å². The second-order valence-electron chi connectivity index (χ2n) is 8.67. The fraction of sp³-hybridized carbons (Fsp3) is 0.778. The van der Waals surface area contributed by atoms with Crippen LogP contribution in [0.4, 0.5) is 5.82 Å². The Morgan fingerprint density at radius 1 is 1.36 bits per heavy atom. The number of carbonyl (C=O) groups is 1. The van der Waals surface area contributed by atoms with Crippen molar-refractivity contribution in [3.05, 3.63) is 21.9 Å². The van der Waals surface area contributed by atoms with Gasteiger partial charge < -0.3 is 15.4 Å². The van der Waals surface area contributed by atoms with Crippen molar-refractivity contribution in [2.75, 3.05) is 0 Å². The van der Waals surface area contributed by atoms with Gasteiger partial charge in [0.1, 0.15) is 0 Å². The van der Waals surface area contributed by atoms with E-state index in [2.05, 4.69) is 10.4 Å². The van der Waals surface area contributed by atoms with Crippen LogP contribution in [0.15, 0.2) is 6.07 Å². The maximum Gasteiger partial charge on any atom is 0.390 e. The first-order valence-corrected chi connectivity index (χ1v) is 9.34. The highest BCUT2D eigenvalue weighted by Crippen LogP contribution is 2.55. The first-order valence-electron chi connectivity index (χ1n) is 9.34. The van der Waals surface area contributed by atoms with E-state index >= 15 is 0 Å². The van der Waals surface area contributed by atoms with Gasteiger partial charge in [-0.25, -0.2) is 0 Å². The fourth-order valence-electron chi connectivity index (χ4n) is 5.76. The number of amides is 1. The van der Waals surface area contributed by atoms with Gasteiger partial charge in [-0.3, -0.25) is 4.79 Å². The molecule has 4 bridgehead atoms. The van der Waals surface area contributed by atoms with Crippen LogP contribution in [0.5, 0.6) is 0 Å². The molecule has 136 valence electrons. The monoisotopic (exact) mass is 346 g/mol. The molecular weight excluding hydrogens is 320 g/mol. The molecule has 1 N–H and O–H groups in total. The van der Waals surface area contributed by atoms with E-state index < -0.39 is 4.92 Å². The molecule has 0 saturated heterocycles. The topological polar surface area (TPSA) is 90.1 Å². The normalized spacial score (nSPS) is 34.1. The third-order valence-electron chi connectivity index (χ3n) is 6.48. The van der Waals surface area contributed by atoms with E-state index in [1.54, 1.807) is 11.6 Å². The van der Waals surface area contributed by atoms with Gasteiger partial charge in [0.2, 0.25) is 5.91 Å². The third kappa shape index (κ3) is 3.04. The average molecular weight is 346 g/mol. The third-order valence-corrected chi connectivity index (χ3v) is 6.48. The van der Waals surface area contributed by atoms with Crippen molar-refractivity contribution in [3.63, 3.8) is 0 Å². The number of aryl methyl sites for hydroxylation is 1. The molecule has 4 fully saturated rings. The quantitative estimate of drug-likeness (QED) is 0.656. The van der Waals surface area contributed by atoms with Crippen LogP contribution in [0.3, 0.4) is 0 Å². The van der Waals surface area contributed by atoms with Gasteiger partial charge in [0, 0.05) is 5.54 Å². The number of hydrogen-bond donors (Lipinski definition) is 1. The Labute approximate surface area is 147 Å². The predicted octanol–water partition coefficient (Wildman–Crippen LogP) is 2.82. The summed E-state index contributed by atoms with van der Waals surface area (Å²) in [5, 5.41) is 18.2. The summed E-state index contributed by atoms with van der Waals surface area (Å²) in [7, 11) is 0. The van der Waals surface area contributed by atoms with E-state index in [1.807, 2.05) is 6.92 Å². The molecule has 7 nitrogen and oxygen atoms in total. The summed E-state index contributed by atoms with van der Waals surface area (Å²) in [4.78, 5) is 23.2. The number of nitro groups is 1. The molecule has 0 spiro atoms. The first kappa shape index (κ1) is 16.5. The summed E-state index contributed by atoms with van der Waals surface area (Å²) in [6, 6.07) is 1.45. The van der Waals surface area contributed by atoms with Crippen molar-refractivity contribution >= 4 is 11.7 Å². The maximum absolute atomic E-state index is 12.8. The highest BCUT2D eigenvalue weighted by atomic mass is 16.6. The molecule has 1 amide bonds. The number of aromatic nitrogens is 2. The minimum Gasteiger partial charge on any atom is -0.358 e. The lowest BCUT2D eigenvalue weighted by molar-refractivity contribution is -0.389. The summed E-state index contributed by atoms with van der Waals surface area (Å²) in [6.07, 6.45) is 7.43. The Morgan fingerprint density at radius 2 is 1.92 bits per heavy atom. The Hall–Kier alpha value is -1.92. The Bertz CT molecular complexity index is 676. The van der Waals surface area contributed by atoms with Gasteiger partial charge in [0.15, 0.2) is 0 Å². The van der Waals surface area contributed by atoms with Crippen molar-refractivity contribution < 1.29 is 9.72 Å². The molecular formula is C18H26N4O3. The Morgan fingerprint density at radius 3 is 2.40 bits per heavy atom. The Balaban J connectivity index is 1.42. The Kier molecular flexibility index (Phi) is 3.85. The highest BCUT2D eigenvalue weighted by molar-refractivity contribution is 5.79. The summed E-state index contributed by atoms with van der Waals surface area (Å²) >= 11 is 0. The van der Waals surface area contributed by atoms with Crippen LogP contribution in [-0.2, 0) is 11.3 Å². The molecule has 4 saturated carbocycles. The van der Waals surface area contributed by atoms with Crippen LogP contribution in [0.25, 0.3) is 0 Å². The zero-order valence-corrected chi connectivity index (χ0v) is 14.9. The molecule has 0 radical (unpaired) electrons. The van der Waals surface area contributed by atoms with Crippen molar-refractivity contribution in [3.8, 4) is 0 Å². The fourth-order valence-corrected chi connectivity index (χ4v) is 5.76. The largest absolute Gasteiger partial charge is 0.390 e. The van der Waals surface area contributed by atoms with Crippen LogP contribution in [0.2, 0.25) is 0 Å². The standard InChI is InChI=1S/C18H26N4O3/c1-11(10-21-12(2)3-16(20-21)22(24)25)17(23)19-18-7-13-4-14(8-18)6-15(5-13)9-18/h3,11,13-15H,4-10H2,1-2H3,(H,19,23). The molecule has 4 aliphatic rings. The van der Waals surface area contributed by atoms with Crippen LogP contribution in [0, 0.1) is 40.7 Å². The van der Waals surface area contributed by atoms with Gasteiger partial charge in [-0.05, 0) is 68.1 Å². The minimum absolute atomic E-state index is 0.00521. The molecule has 4 aliphatic carbocycles. The van der Waals surface area contributed by atoms with E-state index in [1.165, 1.54) is 25.3 Å². The molecule has 1 heterocycles. The number of rotatable bonds is 5. The van der Waals surface area contributed by atoms with Crippen molar-refractivity contribution in [2.24, 2.45) is 23.7 Å². The molecule has 1 atom stereocenters. The molecule has 0 aromatic carbocycles. The van der Waals surface area contributed by atoms with Crippen molar-refractivity contribution in [1.82, 2.24) is 15.1 Å². The molecule has 7 heteroatoms. The number of carbonyl (C=O) groups excluding carboxylic acids is 1. The molecule has 1 unspecified atom stereocenters. The number of nitrogens with one attached hydrogen (secondary N) is 1. The van der Waals surface area contributed by atoms with E-state index in [0.717, 1.165) is 37.0 Å². The molecule has 1 aromatic rings. The molecule has 0 aliphatic heterocycles. The first-order chi connectivity index (χ1) is 11.8. The lowest BCUT2D eigenvalue weighted by Crippen LogP contribution is -2.60. The summed E-state index contributed by atoms with van der Waals surface area (Å²) < 4.78 is 1.57. The SMILES string of the molecule is Cc1cc([N+](=O)[O-])nn1CC(C)C(=O)NC12CC3CC(CC(C3)C1)C2. The zero-order valence-electron chi connectivity index (χ0n) is 14.9. The van der Waals surface area contributed by atoms with Crippen molar-refractivity contribution in [1.29, 1.82) is 0 Å². The van der Waals surface area contributed by atoms with Crippen molar-refractivity contribution in [2.45, 2.75) is 64.5 Å².